The molecular weight excluding hydrogens is 469 g/mol. The SMILES string of the molecule is COc1ccccc1-c1ccc(N2CCC(C(=O)Nc3cc(C(F)(F)F)ccc3Cl)CC2)nn1. The summed E-state index contributed by atoms with van der Waals surface area (Å²) in [5, 5.41) is 11.3. The van der Waals surface area contributed by atoms with Crippen LogP contribution in [-0.2, 0) is 11.0 Å². The minimum absolute atomic E-state index is 0.0401. The molecule has 3 aromatic rings. The number of para-hydroxylation sites is 1. The molecule has 1 fully saturated rings. The number of piperidine rings is 1. The quantitative estimate of drug-likeness (QED) is 0.498. The largest absolute Gasteiger partial charge is 0.496 e. The number of anilines is 2. The number of hydrogen-bond donors (Lipinski definition) is 1. The van der Waals surface area contributed by atoms with Crippen molar-refractivity contribution < 1.29 is 22.7 Å². The van der Waals surface area contributed by atoms with Gasteiger partial charge in [-0.25, -0.2) is 0 Å². The van der Waals surface area contributed by atoms with Gasteiger partial charge in [0.25, 0.3) is 0 Å². The molecule has 10 heteroatoms. The molecule has 6 nitrogen and oxygen atoms in total. The smallest absolute Gasteiger partial charge is 0.416 e. The van der Waals surface area contributed by atoms with Crippen LogP contribution in [0, 0.1) is 5.92 Å². The van der Waals surface area contributed by atoms with Crippen LogP contribution >= 0.6 is 11.6 Å². The van der Waals surface area contributed by atoms with Gasteiger partial charge in [0.15, 0.2) is 5.82 Å². The van der Waals surface area contributed by atoms with Gasteiger partial charge in [-0.05, 0) is 55.3 Å². The van der Waals surface area contributed by atoms with Gasteiger partial charge in [0.1, 0.15) is 5.75 Å². The maximum absolute atomic E-state index is 13.0. The zero-order valence-electron chi connectivity index (χ0n) is 18.3. The van der Waals surface area contributed by atoms with Gasteiger partial charge in [0, 0.05) is 24.6 Å². The highest BCUT2D eigenvalue weighted by atomic mass is 35.5. The van der Waals surface area contributed by atoms with Crippen LogP contribution in [0.3, 0.4) is 0 Å². The molecule has 0 bridgehead atoms. The summed E-state index contributed by atoms with van der Waals surface area (Å²) in [5.41, 5.74) is 0.625. The number of benzene rings is 2. The number of nitrogens with zero attached hydrogens (tertiary/aromatic N) is 3. The molecule has 1 amide bonds. The Balaban J connectivity index is 1.38. The first kappa shape index (κ1) is 23.8. The average molecular weight is 491 g/mol. The molecule has 1 aliphatic heterocycles. The number of nitrogens with one attached hydrogen (secondary N) is 1. The number of ether oxygens (including phenoxy) is 1. The van der Waals surface area contributed by atoms with Crippen molar-refractivity contribution in [2.75, 3.05) is 30.4 Å². The lowest BCUT2D eigenvalue weighted by molar-refractivity contribution is -0.137. The number of amides is 1. The Hall–Kier alpha value is -3.33. The molecule has 0 radical (unpaired) electrons. The molecule has 34 heavy (non-hydrogen) atoms. The second-order valence-electron chi connectivity index (χ2n) is 7.92. The number of carbonyl (C=O) groups is 1. The lowest BCUT2D eigenvalue weighted by Gasteiger charge is -2.32. The molecule has 1 aliphatic rings. The van der Waals surface area contributed by atoms with E-state index in [1.807, 2.05) is 41.3 Å². The minimum atomic E-state index is -4.52. The van der Waals surface area contributed by atoms with Gasteiger partial charge in [-0.15, -0.1) is 10.2 Å². The van der Waals surface area contributed by atoms with E-state index < -0.39 is 11.7 Å². The number of rotatable bonds is 5. The summed E-state index contributed by atoms with van der Waals surface area (Å²) in [5.74, 6) is 0.705. The van der Waals surface area contributed by atoms with Crippen molar-refractivity contribution in [2.45, 2.75) is 19.0 Å². The molecular formula is C24H22ClF3N4O2. The van der Waals surface area contributed by atoms with Crippen molar-refractivity contribution in [1.82, 2.24) is 10.2 Å². The summed E-state index contributed by atoms with van der Waals surface area (Å²) in [6, 6.07) is 14.2. The molecule has 0 unspecified atom stereocenters. The molecule has 1 aromatic heterocycles. The van der Waals surface area contributed by atoms with Crippen LogP contribution in [0.4, 0.5) is 24.7 Å². The molecule has 178 valence electrons. The molecule has 0 atom stereocenters. The first-order valence-corrected chi connectivity index (χ1v) is 11.0. The first-order chi connectivity index (χ1) is 16.3. The average Bonchev–Trinajstić information content (AvgIpc) is 2.85. The van der Waals surface area contributed by atoms with Gasteiger partial charge in [-0.3, -0.25) is 4.79 Å². The number of alkyl halides is 3. The van der Waals surface area contributed by atoms with Crippen molar-refractivity contribution in [1.29, 1.82) is 0 Å². The third-order valence-electron chi connectivity index (χ3n) is 5.77. The Morgan fingerprint density at radius 1 is 1.09 bits per heavy atom. The lowest BCUT2D eigenvalue weighted by Crippen LogP contribution is -2.38. The Bertz CT molecular complexity index is 1160. The van der Waals surface area contributed by atoms with Crippen molar-refractivity contribution >= 4 is 29.0 Å². The Labute approximate surface area is 199 Å². The minimum Gasteiger partial charge on any atom is -0.496 e. The summed E-state index contributed by atoms with van der Waals surface area (Å²) < 4.78 is 44.3. The Morgan fingerprint density at radius 2 is 1.82 bits per heavy atom. The van der Waals surface area contributed by atoms with Crippen LogP contribution in [-0.4, -0.2) is 36.3 Å². The Morgan fingerprint density at radius 3 is 2.47 bits per heavy atom. The molecule has 0 saturated carbocycles. The van der Waals surface area contributed by atoms with Gasteiger partial charge in [0.05, 0.1) is 29.1 Å². The highest BCUT2D eigenvalue weighted by Crippen LogP contribution is 2.34. The van der Waals surface area contributed by atoms with Crippen molar-refractivity contribution in [3.63, 3.8) is 0 Å². The van der Waals surface area contributed by atoms with Gasteiger partial charge in [-0.2, -0.15) is 13.2 Å². The van der Waals surface area contributed by atoms with Crippen molar-refractivity contribution in [2.24, 2.45) is 5.92 Å². The van der Waals surface area contributed by atoms with Crippen LogP contribution in [0.15, 0.2) is 54.6 Å². The fourth-order valence-electron chi connectivity index (χ4n) is 3.90. The van der Waals surface area contributed by atoms with Crippen molar-refractivity contribution in [3.05, 3.63) is 65.2 Å². The van der Waals surface area contributed by atoms with E-state index in [4.69, 9.17) is 16.3 Å². The van der Waals surface area contributed by atoms with E-state index in [-0.39, 0.29) is 22.5 Å². The zero-order valence-corrected chi connectivity index (χ0v) is 19.0. The van der Waals surface area contributed by atoms with E-state index in [2.05, 4.69) is 15.5 Å². The van der Waals surface area contributed by atoms with Gasteiger partial charge in [-0.1, -0.05) is 23.7 Å². The van der Waals surface area contributed by atoms with E-state index >= 15 is 0 Å². The topological polar surface area (TPSA) is 67.3 Å². The highest BCUT2D eigenvalue weighted by Gasteiger charge is 2.32. The van der Waals surface area contributed by atoms with Crippen LogP contribution in [0.2, 0.25) is 5.02 Å². The van der Waals surface area contributed by atoms with Gasteiger partial charge in [0.2, 0.25) is 5.91 Å². The van der Waals surface area contributed by atoms with Crippen LogP contribution in [0.1, 0.15) is 18.4 Å². The fourth-order valence-corrected chi connectivity index (χ4v) is 4.06. The number of methoxy groups -OCH3 is 1. The summed E-state index contributed by atoms with van der Waals surface area (Å²) in [6.07, 6.45) is -3.46. The van der Waals surface area contributed by atoms with Gasteiger partial charge >= 0.3 is 6.18 Å². The molecule has 0 aliphatic carbocycles. The Kier molecular flexibility index (Phi) is 6.92. The first-order valence-electron chi connectivity index (χ1n) is 10.7. The third-order valence-corrected chi connectivity index (χ3v) is 6.10. The molecule has 4 rings (SSSR count). The molecule has 1 N–H and O–H groups in total. The number of halogens is 4. The normalized spacial score (nSPS) is 14.7. The second kappa shape index (κ2) is 9.89. The molecule has 0 spiro atoms. The van der Waals surface area contributed by atoms with E-state index in [9.17, 15) is 18.0 Å². The molecule has 1 saturated heterocycles. The van der Waals surface area contributed by atoms with Crippen LogP contribution in [0.5, 0.6) is 5.75 Å². The van der Waals surface area contributed by atoms with Gasteiger partial charge < -0.3 is 15.0 Å². The second-order valence-corrected chi connectivity index (χ2v) is 8.33. The number of carbonyl (C=O) groups excluding carboxylic acids is 1. The number of aromatic nitrogens is 2. The van der Waals surface area contributed by atoms with Crippen molar-refractivity contribution in [3.8, 4) is 17.0 Å². The highest BCUT2D eigenvalue weighted by molar-refractivity contribution is 6.33. The van der Waals surface area contributed by atoms with E-state index in [1.165, 1.54) is 0 Å². The van der Waals surface area contributed by atoms with Crippen LogP contribution < -0.4 is 15.0 Å². The standard InChI is InChI=1S/C24H22ClF3N4O2/c1-34-21-5-3-2-4-17(21)19-8-9-22(31-30-19)32-12-10-15(11-13-32)23(33)29-20-14-16(24(26,27)28)6-7-18(20)25/h2-9,14-15H,10-13H2,1H3,(H,29,33). The summed E-state index contributed by atoms with van der Waals surface area (Å²) >= 11 is 6.00. The fraction of sp³-hybridized carbons (Fsp3) is 0.292. The monoisotopic (exact) mass is 490 g/mol. The summed E-state index contributed by atoms with van der Waals surface area (Å²) in [6.45, 7) is 1.13. The van der Waals surface area contributed by atoms with E-state index in [0.717, 1.165) is 23.8 Å². The third kappa shape index (κ3) is 5.25. The van der Waals surface area contributed by atoms with E-state index in [0.29, 0.717) is 43.2 Å². The molecule has 2 heterocycles. The predicted molar refractivity (Wildman–Crippen MR) is 124 cm³/mol. The number of hydrogen-bond acceptors (Lipinski definition) is 5. The molecule has 2 aromatic carbocycles. The van der Waals surface area contributed by atoms with E-state index in [1.54, 1.807) is 7.11 Å². The summed E-state index contributed by atoms with van der Waals surface area (Å²) in [7, 11) is 1.60. The maximum atomic E-state index is 13.0. The predicted octanol–water partition coefficient (Wildman–Crippen LogP) is 5.68. The lowest BCUT2D eigenvalue weighted by atomic mass is 9.95. The zero-order chi connectivity index (χ0) is 24.3. The van der Waals surface area contributed by atoms with Crippen LogP contribution in [0.25, 0.3) is 11.3 Å². The summed E-state index contributed by atoms with van der Waals surface area (Å²) in [4.78, 5) is 14.7. The maximum Gasteiger partial charge on any atom is 0.416 e.